The van der Waals surface area contributed by atoms with E-state index in [2.05, 4.69) is 5.32 Å². The molecule has 1 N–H and O–H groups in total. The maximum Gasteiger partial charge on any atom is 0.242 e. The number of benzene rings is 2. The standard InChI is InChI=1S/C25H32Cl2N2O3/c1-17-11-13-19(14-12-17)32-15-7-10-23(30)29(18(2)24(31)28-25(3,4)5)16-20-21(26)8-6-9-22(20)27/h6,8-9,11-14,18H,7,10,15-16H2,1-5H3,(H,28,31). The van der Waals surface area contributed by atoms with E-state index in [1.54, 1.807) is 25.1 Å². The van der Waals surface area contributed by atoms with Crippen molar-refractivity contribution >= 4 is 35.0 Å². The fourth-order valence-electron chi connectivity index (χ4n) is 3.10. The first-order valence-electron chi connectivity index (χ1n) is 10.7. The molecule has 2 aromatic carbocycles. The molecule has 0 fully saturated rings. The molecule has 32 heavy (non-hydrogen) atoms. The van der Waals surface area contributed by atoms with E-state index in [4.69, 9.17) is 27.9 Å². The molecule has 174 valence electrons. The van der Waals surface area contributed by atoms with Crippen molar-refractivity contribution in [3.63, 3.8) is 0 Å². The molecule has 1 atom stereocenters. The highest BCUT2D eigenvalue weighted by Gasteiger charge is 2.29. The minimum atomic E-state index is -0.688. The van der Waals surface area contributed by atoms with Gasteiger partial charge in [0.1, 0.15) is 11.8 Å². The Hall–Kier alpha value is -2.24. The van der Waals surface area contributed by atoms with Crippen LogP contribution in [0.1, 0.15) is 51.7 Å². The maximum atomic E-state index is 13.1. The third kappa shape index (κ3) is 8.03. The Morgan fingerprint density at radius 3 is 2.22 bits per heavy atom. The lowest BCUT2D eigenvalue weighted by atomic mass is 10.1. The minimum absolute atomic E-state index is 0.148. The van der Waals surface area contributed by atoms with E-state index in [1.807, 2.05) is 52.0 Å². The second-order valence-corrected chi connectivity index (χ2v) is 9.72. The van der Waals surface area contributed by atoms with Crippen LogP contribution < -0.4 is 10.1 Å². The van der Waals surface area contributed by atoms with Gasteiger partial charge in [0.25, 0.3) is 0 Å². The summed E-state index contributed by atoms with van der Waals surface area (Å²) < 4.78 is 5.73. The Kier molecular flexibility index (Phi) is 9.41. The number of carbonyl (C=O) groups is 2. The predicted octanol–water partition coefficient (Wildman–Crippen LogP) is 5.79. The van der Waals surface area contributed by atoms with Crippen molar-refractivity contribution in [3.8, 4) is 5.75 Å². The molecule has 5 nitrogen and oxygen atoms in total. The normalized spacial score (nSPS) is 12.2. The fourth-order valence-corrected chi connectivity index (χ4v) is 3.62. The highest BCUT2D eigenvalue weighted by atomic mass is 35.5. The zero-order valence-electron chi connectivity index (χ0n) is 19.4. The first kappa shape index (κ1) is 26.0. The lowest BCUT2D eigenvalue weighted by molar-refractivity contribution is -0.141. The SMILES string of the molecule is Cc1ccc(OCCCC(=O)N(Cc2c(Cl)cccc2Cl)C(C)C(=O)NC(C)(C)C)cc1. The third-order valence-electron chi connectivity index (χ3n) is 4.88. The summed E-state index contributed by atoms with van der Waals surface area (Å²) >= 11 is 12.7. The monoisotopic (exact) mass is 478 g/mol. The van der Waals surface area contributed by atoms with Crippen molar-refractivity contribution in [3.05, 3.63) is 63.6 Å². The van der Waals surface area contributed by atoms with E-state index in [9.17, 15) is 9.59 Å². The molecular formula is C25H32Cl2N2O3. The van der Waals surface area contributed by atoms with Crippen molar-refractivity contribution < 1.29 is 14.3 Å². The third-order valence-corrected chi connectivity index (χ3v) is 5.59. The van der Waals surface area contributed by atoms with Crippen LogP contribution in [0.25, 0.3) is 0 Å². The molecule has 0 saturated heterocycles. The quantitative estimate of drug-likeness (QED) is 0.463. The molecule has 0 radical (unpaired) electrons. The molecule has 0 bridgehead atoms. The largest absolute Gasteiger partial charge is 0.494 e. The van der Waals surface area contributed by atoms with Gasteiger partial charge in [-0.2, -0.15) is 0 Å². The van der Waals surface area contributed by atoms with E-state index in [0.717, 1.165) is 11.3 Å². The molecule has 0 aliphatic rings. The Morgan fingerprint density at radius 1 is 1.06 bits per heavy atom. The van der Waals surface area contributed by atoms with Crippen LogP contribution in [0.2, 0.25) is 10.0 Å². The van der Waals surface area contributed by atoms with Crippen molar-refractivity contribution in [2.24, 2.45) is 0 Å². The van der Waals surface area contributed by atoms with E-state index >= 15 is 0 Å². The summed E-state index contributed by atoms with van der Waals surface area (Å²) in [7, 11) is 0. The summed E-state index contributed by atoms with van der Waals surface area (Å²) in [6.07, 6.45) is 0.758. The van der Waals surface area contributed by atoms with Gasteiger partial charge in [-0.05, 0) is 65.3 Å². The molecule has 0 aromatic heterocycles. The molecular weight excluding hydrogens is 447 g/mol. The van der Waals surface area contributed by atoms with Crippen LogP contribution in [0.15, 0.2) is 42.5 Å². The van der Waals surface area contributed by atoms with Gasteiger partial charge in [0.2, 0.25) is 11.8 Å². The van der Waals surface area contributed by atoms with E-state index in [1.165, 1.54) is 4.90 Å². The number of ether oxygens (including phenoxy) is 1. The lowest BCUT2D eigenvalue weighted by Gasteiger charge is -2.32. The van der Waals surface area contributed by atoms with E-state index < -0.39 is 11.6 Å². The van der Waals surface area contributed by atoms with Crippen LogP contribution in [0.3, 0.4) is 0 Å². The van der Waals surface area contributed by atoms with Gasteiger partial charge in [-0.3, -0.25) is 9.59 Å². The second-order valence-electron chi connectivity index (χ2n) is 8.90. The van der Waals surface area contributed by atoms with Crippen LogP contribution >= 0.6 is 23.2 Å². The van der Waals surface area contributed by atoms with Gasteiger partial charge >= 0.3 is 0 Å². The molecule has 1 unspecified atom stereocenters. The van der Waals surface area contributed by atoms with Crippen molar-refractivity contribution in [1.82, 2.24) is 10.2 Å². The summed E-state index contributed by atoms with van der Waals surface area (Å²) in [4.78, 5) is 27.5. The summed E-state index contributed by atoms with van der Waals surface area (Å²) in [5.74, 6) is 0.371. The number of nitrogens with one attached hydrogen (secondary N) is 1. The number of hydrogen-bond acceptors (Lipinski definition) is 3. The Labute approximate surface area is 201 Å². The first-order chi connectivity index (χ1) is 15.0. The van der Waals surface area contributed by atoms with Crippen LogP contribution in [0, 0.1) is 6.92 Å². The molecule has 7 heteroatoms. The predicted molar refractivity (Wildman–Crippen MR) is 130 cm³/mol. The smallest absolute Gasteiger partial charge is 0.242 e. The van der Waals surface area contributed by atoms with Gasteiger partial charge in [0, 0.05) is 34.1 Å². The zero-order valence-corrected chi connectivity index (χ0v) is 20.9. The zero-order chi connectivity index (χ0) is 23.9. The topological polar surface area (TPSA) is 58.6 Å². The van der Waals surface area contributed by atoms with Crippen LogP contribution in [-0.4, -0.2) is 34.9 Å². The number of nitrogens with zero attached hydrogens (tertiary/aromatic N) is 1. The molecule has 0 aliphatic carbocycles. The number of carbonyl (C=O) groups excluding carboxylic acids is 2. The summed E-state index contributed by atoms with van der Waals surface area (Å²) in [6, 6.07) is 12.3. The number of rotatable bonds is 9. The summed E-state index contributed by atoms with van der Waals surface area (Å²) in [6.45, 7) is 9.98. The second kappa shape index (κ2) is 11.6. The molecule has 2 rings (SSSR count). The fraction of sp³-hybridized carbons (Fsp3) is 0.440. The van der Waals surface area contributed by atoms with Gasteiger partial charge in [-0.15, -0.1) is 0 Å². The summed E-state index contributed by atoms with van der Waals surface area (Å²) in [5, 5.41) is 3.86. The van der Waals surface area contributed by atoms with Crippen LogP contribution in [0.5, 0.6) is 5.75 Å². The van der Waals surface area contributed by atoms with Gasteiger partial charge in [-0.1, -0.05) is 47.0 Å². The Bertz CT molecular complexity index is 904. The minimum Gasteiger partial charge on any atom is -0.494 e. The first-order valence-corrected chi connectivity index (χ1v) is 11.5. The molecule has 2 aromatic rings. The molecule has 0 aliphatic heterocycles. The van der Waals surface area contributed by atoms with Crippen molar-refractivity contribution in [1.29, 1.82) is 0 Å². The van der Waals surface area contributed by atoms with Gasteiger partial charge in [0.05, 0.1) is 6.61 Å². The van der Waals surface area contributed by atoms with E-state index in [-0.39, 0.29) is 24.8 Å². The Balaban J connectivity index is 2.09. The highest BCUT2D eigenvalue weighted by Crippen LogP contribution is 2.27. The maximum absolute atomic E-state index is 13.1. The molecule has 2 amide bonds. The van der Waals surface area contributed by atoms with Gasteiger partial charge in [-0.25, -0.2) is 0 Å². The molecule has 0 saturated carbocycles. The van der Waals surface area contributed by atoms with Crippen molar-refractivity contribution in [2.75, 3.05) is 6.61 Å². The average molecular weight is 479 g/mol. The number of halogens is 2. The van der Waals surface area contributed by atoms with Crippen LogP contribution in [0.4, 0.5) is 0 Å². The number of amides is 2. The van der Waals surface area contributed by atoms with Gasteiger partial charge < -0.3 is 15.0 Å². The average Bonchev–Trinajstić information content (AvgIpc) is 2.70. The molecule has 0 heterocycles. The lowest BCUT2D eigenvalue weighted by Crippen LogP contribution is -2.52. The van der Waals surface area contributed by atoms with Gasteiger partial charge in [0.15, 0.2) is 0 Å². The van der Waals surface area contributed by atoms with E-state index in [0.29, 0.717) is 28.6 Å². The Morgan fingerprint density at radius 2 is 1.66 bits per heavy atom. The van der Waals surface area contributed by atoms with Crippen molar-refractivity contribution in [2.45, 2.75) is 65.6 Å². The highest BCUT2D eigenvalue weighted by molar-refractivity contribution is 6.36. The van der Waals surface area contributed by atoms with Crippen LogP contribution in [-0.2, 0) is 16.1 Å². The number of aryl methyl sites for hydroxylation is 1. The molecule has 0 spiro atoms. The summed E-state index contributed by atoms with van der Waals surface area (Å²) in [5.41, 5.74) is 1.36. The number of hydrogen-bond donors (Lipinski definition) is 1.